The molecule has 3 aliphatic rings. The highest BCUT2D eigenvalue weighted by atomic mass is 16.4. The zero-order valence-corrected chi connectivity index (χ0v) is 21.1. The number of hydrogen-bond acceptors (Lipinski definition) is 7. The van der Waals surface area contributed by atoms with E-state index in [-0.39, 0.29) is 5.91 Å². The van der Waals surface area contributed by atoms with Crippen molar-refractivity contribution in [2.45, 2.75) is 25.7 Å². The van der Waals surface area contributed by atoms with Gasteiger partial charge in [0.25, 0.3) is 5.91 Å². The number of carbonyl (C=O) groups excluding carboxylic acids is 1. The number of carbonyl (C=O) groups is 1. The number of benzene rings is 1. The number of amides is 1. The molecule has 2 aromatic heterocycles. The molecule has 0 spiro atoms. The maximum atomic E-state index is 13.5. The molecule has 6 rings (SSSR count). The molecule has 1 amide bonds. The number of oxime groups is 1. The summed E-state index contributed by atoms with van der Waals surface area (Å²) in [5.74, 6) is 0.978. The molecule has 2 saturated heterocycles. The summed E-state index contributed by atoms with van der Waals surface area (Å²) in [6.45, 7) is 7.84. The third kappa shape index (κ3) is 4.91. The van der Waals surface area contributed by atoms with Gasteiger partial charge in [-0.2, -0.15) is 0 Å². The van der Waals surface area contributed by atoms with Gasteiger partial charge < -0.3 is 19.4 Å². The van der Waals surface area contributed by atoms with E-state index >= 15 is 0 Å². The minimum Gasteiger partial charge on any atom is -0.450 e. The van der Waals surface area contributed by atoms with Gasteiger partial charge >= 0.3 is 0 Å². The minimum absolute atomic E-state index is 0.0587. The number of hydrogen-bond donors (Lipinski definition) is 1. The maximum Gasteiger partial charge on any atom is 0.289 e. The van der Waals surface area contributed by atoms with Crippen molar-refractivity contribution in [3.05, 3.63) is 65.7 Å². The number of aromatic nitrogens is 1. The summed E-state index contributed by atoms with van der Waals surface area (Å²) >= 11 is 0. The Balaban J connectivity index is 1.22. The van der Waals surface area contributed by atoms with Crippen molar-refractivity contribution in [2.24, 2.45) is 5.16 Å². The molecular weight excluding hydrogens is 466 g/mol. The fraction of sp³-hybridized carbons (Fsp3) is 0.414. The first-order chi connectivity index (χ1) is 18.2. The fourth-order valence-electron chi connectivity index (χ4n) is 5.79. The predicted molar refractivity (Wildman–Crippen MR) is 142 cm³/mol. The second-order valence-corrected chi connectivity index (χ2v) is 10.2. The van der Waals surface area contributed by atoms with E-state index in [9.17, 15) is 10.0 Å². The van der Waals surface area contributed by atoms with Crippen LogP contribution in [-0.4, -0.2) is 88.9 Å². The average molecular weight is 500 g/mol. The van der Waals surface area contributed by atoms with Gasteiger partial charge in [0.1, 0.15) is 5.76 Å². The Kier molecular flexibility index (Phi) is 6.76. The Bertz CT molecular complexity index is 1290. The molecule has 2 aliphatic heterocycles. The molecule has 192 valence electrons. The second-order valence-electron chi connectivity index (χ2n) is 10.2. The average Bonchev–Trinajstić information content (AvgIpc) is 3.72. The first-order valence-electron chi connectivity index (χ1n) is 13.3. The number of piperazine rings is 1. The van der Waals surface area contributed by atoms with E-state index < -0.39 is 0 Å². The van der Waals surface area contributed by atoms with E-state index in [2.05, 4.69) is 26.0 Å². The van der Waals surface area contributed by atoms with Crippen LogP contribution in [0.4, 0.5) is 0 Å². The topological polar surface area (TPSA) is 85.4 Å². The first-order valence-corrected chi connectivity index (χ1v) is 13.3. The fourth-order valence-corrected chi connectivity index (χ4v) is 5.79. The van der Waals surface area contributed by atoms with Crippen LogP contribution in [0.15, 0.2) is 58.4 Å². The molecule has 0 atom stereocenters. The van der Waals surface area contributed by atoms with Crippen LogP contribution in [0, 0.1) is 0 Å². The van der Waals surface area contributed by atoms with Gasteiger partial charge in [0.05, 0.1) is 5.71 Å². The number of rotatable bonds is 6. The van der Waals surface area contributed by atoms with Gasteiger partial charge in [0.2, 0.25) is 0 Å². The lowest BCUT2D eigenvalue weighted by atomic mass is 9.98. The Hall–Kier alpha value is -3.49. The summed E-state index contributed by atoms with van der Waals surface area (Å²) in [5.41, 5.74) is 5.60. The van der Waals surface area contributed by atoms with E-state index in [0.29, 0.717) is 24.6 Å². The molecule has 8 nitrogen and oxygen atoms in total. The number of furan rings is 1. The Labute approximate surface area is 217 Å². The van der Waals surface area contributed by atoms with Crippen molar-refractivity contribution >= 4 is 11.6 Å². The highest BCUT2D eigenvalue weighted by molar-refractivity contribution is 6.05. The van der Waals surface area contributed by atoms with Crippen molar-refractivity contribution < 1.29 is 14.4 Å². The summed E-state index contributed by atoms with van der Waals surface area (Å²) in [6, 6.07) is 11.8. The van der Waals surface area contributed by atoms with Crippen molar-refractivity contribution in [3.8, 4) is 22.5 Å². The smallest absolute Gasteiger partial charge is 0.289 e. The minimum atomic E-state index is -0.0587. The number of pyridine rings is 1. The molecule has 4 heterocycles. The van der Waals surface area contributed by atoms with Crippen molar-refractivity contribution in [2.75, 3.05) is 52.4 Å². The molecule has 1 aliphatic carbocycles. The summed E-state index contributed by atoms with van der Waals surface area (Å²) in [7, 11) is 0. The van der Waals surface area contributed by atoms with Gasteiger partial charge in [-0.25, -0.2) is 0 Å². The molecule has 1 N–H and O–H groups in total. The molecule has 37 heavy (non-hydrogen) atoms. The van der Waals surface area contributed by atoms with E-state index in [1.165, 1.54) is 25.9 Å². The first kappa shape index (κ1) is 23.9. The number of aryl methyl sites for hydroxylation is 1. The van der Waals surface area contributed by atoms with Gasteiger partial charge in [-0.15, -0.1) is 0 Å². The Morgan fingerprint density at radius 3 is 2.32 bits per heavy atom. The normalized spacial score (nSPS) is 19.6. The third-order valence-corrected chi connectivity index (χ3v) is 7.96. The lowest BCUT2D eigenvalue weighted by Crippen LogP contribution is -2.50. The monoisotopic (exact) mass is 499 g/mol. The summed E-state index contributed by atoms with van der Waals surface area (Å²) in [5, 5.41) is 12.7. The van der Waals surface area contributed by atoms with Crippen LogP contribution in [0.3, 0.4) is 0 Å². The molecule has 0 unspecified atom stereocenters. The molecule has 0 bridgehead atoms. The standard InChI is InChI=1S/C29H33N5O3/c35-29(34-17-15-33(16-18-34)14-13-32-11-1-2-12-32)27-20-25(28(37-27)21-7-9-30-10-8-21)23-3-5-24-22(19-23)4-6-26(24)31-36/h3,5,7-10,19-20,36H,1-2,4,6,11-18H2/b31-26+. The largest absolute Gasteiger partial charge is 0.450 e. The quantitative estimate of drug-likeness (QED) is 0.408. The second kappa shape index (κ2) is 10.5. The van der Waals surface area contributed by atoms with Crippen LogP contribution < -0.4 is 0 Å². The van der Waals surface area contributed by atoms with Gasteiger partial charge in [-0.1, -0.05) is 23.4 Å². The Morgan fingerprint density at radius 1 is 0.865 bits per heavy atom. The van der Waals surface area contributed by atoms with E-state index in [0.717, 1.165) is 72.5 Å². The van der Waals surface area contributed by atoms with Crippen molar-refractivity contribution in [3.63, 3.8) is 0 Å². The summed E-state index contributed by atoms with van der Waals surface area (Å²) < 4.78 is 6.27. The summed E-state index contributed by atoms with van der Waals surface area (Å²) in [4.78, 5) is 24.6. The Morgan fingerprint density at radius 2 is 1.59 bits per heavy atom. The number of likely N-dealkylation sites (tertiary alicyclic amines) is 1. The third-order valence-electron chi connectivity index (χ3n) is 7.96. The number of nitrogens with zero attached hydrogens (tertiary/aromatic N) is 5. The van der Waals surface area contributed by atoms with Crippen LogP contribution >= 0.6 is 0 Å². The van der Waals surface area contributed by atoms with Gasteiger partial charge in [-0.3, -0.25) is 14.7 Å². The molecule has 0 radical (unpaired) electrons. The highest BCUT2D eigenvalue weighted by Crippen LogP contribution is 2.37. The molecule has 2 fully saturated rings. The van der Waals surface area contributed by atoms with Crippen LogP contribution in [0.5, 0.6) is 0 Å². The highest BCUT2D eigenvalue weighted by Gasteiger charge is 2.28. The van der Waals surface area contributed by atoms with Crippen LogP contribution in [0.1, 0.15) is 40.9 Å². The van der Waals surface area contributed by atoms with Crippen molar-refractivity contribution in [1.82, 2.24) is 19.7 Å². The molecule has 0 saturated carbocycles. The van der Waals surface area contributed by atoms with Crippen LogP contribution in [0.2, 0.25) is 0 Å². The van der Waals surface area contributed by atoms with E-state index in [4.69, 9.17) is 4.42 Å². The van der Waals surface area contributed by atoms with Crippen LogP contribution in [-0.2, 0) is 6.42 Å². The molecule has 1 aromatic carbocycles. The zero-order chi connectivity index (χ0) is 25.2. The predicted octanol–water partition coefficient (Wildman–Crippen LogP) is 3.99. The van der Waals surface area contributed by atoms with Crippen LogP contribution in [0.25, 0.3) is 22.5 Å². The van der Waals surface area contributed by atoms with Crippen molar-refractivity contribution in [1.29, 1.82) is 0 Å². The molecular formula is C29H33N5O3. The maximum absolute atomic E-state index is 13.5. The molecule has 3 aromatic rings. The lowest BCUT2D eigenvalue weighted by Gasteiger charge is -2.35. The van der Waals surface area contributed by atoms with Gasteiger partial charge in [-0.05, 0) is 68.1 Å². The number of fused-ring (bicyclic) bond motifs is 1. The SMILES string of the molecule is O=C(c1cc(-c2ccc3c(c2)CC/C3=N\O)c(-c2ccncc2)o1)N1CCN(CCN2CCCC2)CC1. The summed E-state index contributed by atoms with van der Waals surface area (Å²) in [6.07, 6.45) is 7.66. The van der Waals surface area contributed by atoms with Gasteiger partial charge in [0.15, 0.2) is 5.76 Å². The lowest BCUT2D eigenvalue weighted by molar-refractivity contribution is 0.0597. The molecule has 8 heteroatoms. The zero-order valence-electron chi connectivity index (χ0n) is 21.1. The van der Waals surface area contributed by atoms with E-state index in [1.807, 2.05) is 35.2 Å². The van der Waals surface area contributed by atoms with Gasteiger partial charge in [0, 0.05) is 68.4 Å². The van der Waals surface area contributed by atoms with E-state index in [1.54, 1.807) is 12.4 Å².